The van der Waals surface area contributed by atoms with Gasteiger partial charge in [-0.2, -0.15) is 0 Å². The molecule has 0 spiro atoms. The summed E-state index contributed by atoms with van der Waals surface area (Å²) in [6.07, 6.45) is 0.723. The molecule has 1 aromatic rings. The molecule has 0 heterocycles. The summed E-state index contributed by atoms with van der Waals surface area (Å²) in [5.41, 5.74) is 0.446. The number of hydrogen-bond acceptors (Lipinski definition) is 4. The molecule has 1 aromatic carbocycles. The van der Waals surface area contributed by atoms with Crippen LogP contribution in [0.3, 0.4) is 0 Å². The fraction of sp³-hybridized carbons (Fsp3) is 0.364. The molecule has 0 radical (unpaired) electrons. The second kappa shape index (κ2) is 5.24. The van der Waals surface area contributed by atoms with Crippen LogP contribution in [0.5, 0.6) is 17.2 Å². The van der Waals surface area contributed by atoms with Gasteiger partial charge in [0.25, 0.3) is 0 Å². The van der Waals surface area contributed by atoms with Crippen molar-refractivity contribution in [2.24, 2.45) is 0 Å². The van der Waals surface area contributed by atoms with E-state index in [1.807, 2.05) is 6.92 Å². The normalized spacial score (nSPS) is 9.53. The number of hydrogen-bond donors (Lipinski definition) is 0. The SMILES string of the molecule is CCOc1c(OC)ccc(C=O)c1OC. The fourth-order valence-electron chi connectivity index (χ4n) is 1.30. The van der Waals surface area contributed by atoms with Crippen LogP contribution in [0.4, 0.5) is 0 Å². The monoisotopic (exact) mass is 210 g/mol. The van der Waals surface area contributed by atoms with E-state index in [-0.39, 0.29) is 0 Å². The summed E-state index contributed by atoms with van der Waals surface area (Å²) >= 11 is 0. The van der Waals surface area contributed by atoms with Gasteiger partial charge in [0.05, 0.1) is 26.4 Å². The Labute approximate surface area is 88.8 Å². The van der Waals surface area contributed by atoms with Gasteiger partial charge in [-0.1, -0.05) is 0 Å². The molecule has 0 saturated heterocycles. The third-order valence-electron chi connectivity index (χ3n) is 1.95. The van der Waals surface area contributed by atoms with E-state index in [1.54, 1.807) is 12.1 Å². The topological polar surface area (TPSA) is 44.8 Å². The quantitative estimate of drug-likeness (QED) is 0.696. The van der Waals surface area contributed by atoms with Gasteiger partial charge in [-0.25, -0.2) is 0 Å². The van der Waals surface area contributed by atoms with Crippen molar-refractivity contribution in [3.63, 3.8) is 0 Å². The number of ether oxygens (including phenoxy) is 3. The minimum absolute atomic E-state index is 0.409. The second-order valence-corrected chi connectivity index (χ2v) is 2.77. The number of methoxy groups -OCH3 is 2. The van der Waals surface area contributed by atoms with Gasteiger partial charge in [0.2, 0.25) is 5.75 Å². The number of carbonyl (C=O) groups is 1. The molecule has 0 amide bonds. The van der Waals surface area contributed by atoms with Crippen LogP contribution in [-0.4, -0.2) is 27.1 Å². The van der Waals surface area contributed by atoms with Crippen LogP contribution in [0.2, 0.25) is 0 Å². The van der Waals surface area contributed by atoms with E-state index < -0.39 is 0 Å². The Morgan fingerprint density at radius 2 is 1.93 bits per heavy atom. The summed E-state index contributed by atoms with van der Waals surface area (Å²) in [4.78, 5) is 10.8. The first-order valence-corrected chi connectivity index (χ1v) is 4.61. The molecule has 0 aliphatic carbocycles. The van der Waals surface area contributed by atoms with E-state index in [2.05, 4.69) is 0 Å². The van der Waals surface area contributed by atoms with Crippen LogP contribution in [0.15, 0.2) is 12.1 Å². The van der Waals surface area contributed by atoms with E-state index in [9.17, 15) is 4.79 Å². The highest BCUT2D eigenvalue weighted by Gasteiger charge is 2.15. The maximum absolute atomic E-state index is 10.8. The number of aldehydes is 1. The molecular formula is C11H14O4. The third-order valence-corrected chi connectivity index (χ3v) is 1.95. The van der Waals surface area contributed by atoms with Gasteiger partial charge in [-0.05, 0) is 19.1 Å². The Bertz CT molecular complexity index is 347. The van der Waals surface area contributed by atoms with E-state index in [1.165, 1.54) is 14.2 Å². The lowest BCUT2D eigenvalue weighted by atomic mass is 10.2. The van der Waals surface area contributed by atoms with Crippen molar-refractivity contribution >= 4 is 6.29 Å². The number of carbonyl (C=O) groups excluding carboxylic acids is 1. The first-order valence-electron chi connectivity index (χ1n) is 4.61. The van der Waals surface area contributed by atoms with Gasteiger partial charge in [-0.3, -0.25) is 4.79 Å². The zero-order chi connectivity index (χ0) is 11.3. The van der Waals surface area contributed by atoms with E-state index >= 15 is 0 Å². The molecule has 0 N–H and O–H groups in total. The molecule has 15 heavy (non-hydrogen) atoms. The van der Waals surface area contributed by atoms with Crippen LogP contribution in [0, 0.1) is 0 Å². The Kier molecular flexibility index (Phi) is 3.97. The molecule has 0 atom stereocenters. The number of rotatable bonds is 5. The minimum Gasteiger partial charge on any atom is -0.493 e. The summed E-state index contributed by atoms with van der Waals surface area (Å²) < 4.78 is 15.6. The van der Waals surface area contributed by atoms with Crippen molar-refractivity contribution in [1.29, 1.82) is 0 Å². The molecule has 1 rings (SSSR count). The molecule has 4 heteroatoms. The van der Waals surface area contributed by atoms with Crippen molar-refractivity contribution in [1.82, 2.24) is 0 Å². The van der Waals surface area contributed by atoms with Gasteiger partial charge < -0.3 is 14.2 Å². The Balaban J connectivity index is 3.30. The van der Waals surface area contributed by atoms with Gasteiger partial charge >= 0.3 is 0 Å². The van der Waals surface area contributed by atoms with Crippen LogP contribution < -0.4 is 14.2 Å². The highest BCUT2D eigenvalue weighted by Crippen LogP contribution is 2.39. The summed E-state index contributed by atoms with van der Waals surface area (Å²) in [6, 6.07) is 3.31. The lowest BCUT2D eigenvalue weighted by Crippen LogP contribution is -2.00. The smallest absolute Gasteiger partial charge is 0.204 e. The lowest BCUT2D eigenvalue weighted by molar-refractivity contribution is 0.111. The molecule has 0 aliphatic heterocycles. The summed E-state index contributed by atoms with van der Waals surface area (Å²) in [5, 5.41) is 0. The first kappa shape index (κ1) is 11.4. The van der Waals surface area contributed by atoms with Crippen molar-refractivity contribution < 1.29 is 19.0 Å². The lowest BCUT2D eigenvalue weighted by Gasteiger charge is -2.14. The van der Waals surface area contributed by atoms with E-state index in [4.69, 9.17) is 14.2 Å². The molecule has 82 valence electrons. The van der Waals surface area contributed by atoms with Crippen LogP contribution >= 0.6 is 0 Å². The molecule has 0 fully saturated rings. The van der Waals surface area contributed by atoms with E-state index in [0.717, 1.165) is 6.29 Å². The van der Waals surface area contributed by atoms with Gasteiger partial charge in [0.15, 0.2) is 17.8 Å². The standard InChI is InChI=1S/C11H14O4/c1-4-15-11-9(13-2)6-5-8(7-12)10(11)14-3/h5-7H,4H2,1-3H3. The molecule has 0 saturated carbocycles. The molecule has 0 aliphatic rings. The van der Waals surface area contributed by atoms with Gasteiger partial charge in [0.1, 0.15) is 0 Å². The Morgan fingerprint density at radius 3 is 2.40 bits per heavy atom. The maximum Gasteiger partial charge on any atom is 0.204 e. The zero-order valence-electron chi connectivity index (χ0n) is 9.07. The molecule has 4 nitrogen and oxygen atoms in total. The molecule has 0 aromatic heterocycles. The van der Waals surface area contributed by atoms with Crippen LogP contribution in [0.1, 0.15) is 17.3 Å². The maximum atomic E-state index is 10.8. The predicted octanol–water partition coefficient (Wildman–Crippen LogP) is 1.91. The van der Waals surface area contributed by atoms with Crippen molar-refractivity contribution in [3.8, 4) is 17.2 Å². The van der Waals surface area contributed by atoms with Gasteiger partial charge in [-0.15, -0.1) is 0 Å². The summed E-state index contributed by atoms with van der Waals surface area (Å²) in [7, 11) is 3.03. The highest BCUT2D eigenvalue weighted by molar-refractivity contribution is 5.82. The zero-order valence-corrected chi connectivity index (χ0v) is 9.07. The van der Waals surface area contributed by atoms with E-state index in [0.29, 0.717) is 29.4 Å². The van der Waals surface area contributed by atoms with Crippen molar-refractivity contribution in [2.45, 2.75) is 6.92 Å². The minimum atomic E-state index is 0.409. The summed E-state index contributed by atoms with van der Waals surface area (Å²) in [5.74, 6) is 1.43. The largest absolute Gasteiger partial charge is 0.493 e. The predicted molar refractivity (Wildman–Crippen MR) is 56.1 cm³/mol. The average molecular weight is 210 g/mol. The Hall–Kier alpha value is -1.71. The molecular weight excluding hydrogens is 196 g/mol. The average Bonchev–Trinajstić information content (AvgIpc) is 2.28. The highest BCUT2D eigenvalue weighted by atomic mass is 16.5. The summed E-state index contributed by atoms with van der Waals surface area (Å²) in [6.45, 7) is 2.33. The fourth-order valence-corrected chi connectivity index (χ4v) is 1.30. The first-order chi connectivity index (χ1) is 7.28. The number of benzene rings is 1. The Morgan fingerprint density at radius 1 is 1.20 bits per heavy atom. The second-order valence-electron chi connectivity index (χ2n) is 2.77. The van der Waals surface area contributed by atoms with Gasteiger partial charge in [0, 0.05) is 0 Å². The molecule has 0 unspecified atom stereocenters. The third kappa shape index (κ3) is 2.21. The van der Waals surface area contributed by atoms with Crippen LogP contribution in [0.25, 0.3) is 0 Å². The van der Waals surface area contributed by atoms with Crippen molar-refractivity contribution in [3.05, 3.63) is 17.7 Å². The van der Waals surface area contributed by atoms with Crippen LogP contribution in [-0.2, 0) is 0 Å². The van der Waals surface area contributed by atoms with Crippen molar-refractivity contribution in [2.75, 3.05) is 20.8 Å². The molecule has 0 bridgehead atoms.